The fourth-order valence-electron chi connectivity index (χ4n) is 1.91. The average Bonchev–Trinajstić information content (AvgIpc) is 2.41. The second kappa shape index (κ2) is 3.61. The van der Waals surface area contributed by atoms with Gasteiger partial charge in [0, 0.05) is 12.2 Å². The number of hydrogen-bond acceptors (Lipinski definition) is 2. The number of nitrogens with two attached hydrogens (primary N) is 1. The Morgan fingerprint density at radius 3 is 2.73 bits per heavy atom. The van der Waals surface area contributed by atoms with Crippen LogP contribution in [0.15, 0.2) is 16.7 Å². The molecular weight excluding hydrogens is 254 g/mol. The van der Waals surface area contributed by atoms with E-state index in [-0.39, 0.29) is 6.04 Å². The van der Waals surface area contributed by atoms with Gasteiger partial charge in [0.05, 0.1) is 15.9 Å². The van der Waals surface area contributed by atoms with Gasteiger partial charge < -0.3 is 10.1 Å². The molecule has 2 aromatic rings. The van der Waals surface area contributed by atoms with Crippen LogP contribution in [-0.4, -0.2) is 9.38 Å². The van der Waals surface area contributed by atoms with E-state index >= 15 is 0 Å². The molecule has 0 aliphatic rings. The molecule has 0 spiro atoms. The first-order valence-corrected chi connectivity index (χ1v) is 5.70. The van der Waals surface area contributed by atoms with Gasteiger partial charge in [-0.3, -0.25) is 0 Å². The van der Waals surface area contributed by atoms with Crippen LogP contribution in [0.2, 0.25) is 0 Å². The van der Waals surface area contributed by atoms with E-state index in [1.807, 2.05) is 13.8 Å². The Morgan fingerprint density at radius 1 is 1.47 bits per heavy atom. The maximum absolute atomic E-state index is 5.95. The summed E-state index contributed by atoms with van der Waals surface area (Å²) in [6.07, 6.45) is 2.07. The molecule has 0 aromatic carbocycles. The molecule has 0 saturated heterocycles. The highest BCUT2D eigenvalue weighted by Crippen LogP contribution is 2.24. The standard InChI is InChI=1S/C11H14BrN3/c1-6-4-9(12)11-14-8(3)10(7(2)13)15(11)5-6/h4-5,7H,13H2,1-3H3. The summed E-state index contributed by atoms with van der Waals surface area (Å²) >= 11 is 3.52. The predicted octanol–water partition coefficient (Wildman–Crippen LogP) is 2.73. The molecule has 0 amide bonds. The van der Waals surface area contributed by atoms with Crippen molar-refractivity contribution < 1.29 is 0 Å². The lowest BCUT2D eigenvalue weighted by atomic mass is 10.2. The van der Waals surface area contributed by atoms with E-state index in [0.29, 0.717) is 0 Å². The minimum absolute atomic E-state index is 0.00583. The van der Waals surface area contributed by atoms with Crippen molar-refractivity contribution in [3.05, 3.63) is 33.7 Å². The Hall–Kier alpha value is -0.870. The molecule has 2 heterocycles. The summed E-state index contributed by atoms with van der Waals surface area (Å²) in [5.41, 5.74) is 10.1. The van der Waals surface area contributed by atoms with Crippen molar-refractivity contribution >= 4 is 21.6 Å². The lowest BCUT2D eigenvalue weighted by molar-refractivity contribution is 0.760. The number of hydrogen-bond donors (Lipinski definition) is 1. The van der Waals surface area contributed by atoms with Gasteiger partial charge in [0.15, 0.2) is 5.65 Å². The topological polar surface area (TPSA) is 43.3 Å². The maximum atomic E-state index is 5.95. The normalized spacial score (nSPS) is 13.4. The van der Waals surface area contributed by atoms with Crippen molar-refractivity contribution in [2.45, 2.75) is 26.8 Å². The third-order valence-corrected chi connectivity index (χ3v) is 3.05. The van der Waals surface area contributed by atoms with Gasteiger partial charge in [0.2, 0.25) is 0 Å². The molecule has 15 heavy (non-hydrogen) atoms. The second-order valence-electron chi connectivity index (χ2n) is 3.93. The molecule has 2 rings (SSSR count). The highest BCUT2D eigenvalue weighted by Gasteiger charge is 2.14. The number of imidazole rings is 1. The van der Waals surface area contributed by atoms with Crippen LogP contribution in [-0.2, 0) is 0 Å². The first kappa shape index (κ1) is 10.6. The van der Waals surface area contributed by atoms with Gasteiger partial charge in [-0.15, -0.1) is 0 Å². The number of nitrogens with zero attached hydrogens (tertiary/aromatic N) is 2. The lowest BCUT2D eigenvalue weighted by Crippen LogP contribution is -2.09. The van der Waals surface area contributed by atoms with Gasteiger partial charge in [-0.1, -0.05) is 0 Å². The molecule has 80 valence electrons. The molecule has 1 atom stereocenters. The van der Waals surface area contributed by atoms with Crippen LogP contribution in [0.4, 0.5) is 0 Å². The molecule has 2 aromatic heterocycles. The van der Waals surface area contributed by atoms with Crippen LogP contribution in [0.5, 0.6) is 0 Å². The molecule has 0 bridgehead atoms. The third kappa shape index (κ3) is 1.68. The van der Waals surface area contributed by atoms with Gasteiger partial charge in [0.1, 0.15) is 0 Å². The largest absolute Gasteiger partial charge is 0.323 e. The van der Waals surface area contributed by atoms with Gasteiger partial charge in [-0.2, -0.15) is 0 Å². The van der Waals surface area contributed by atoms with Gasteiger partial charge in [-0.05, 0) is 48.3 Å². The summed E-state index contributed by atoms with van der Waals surface area (Å²) in [5, 5.41) is 0. The number of aromatic nitrogens is 2. The lowest BCUT2D eigenvalue weighted by Gasteiger charge is -2.07. The molecule has 2 N–H and O–H groups in total. The molecule has 1 unspecified atom stereocenters. The number of fused-ring (bicyclic) bond motifs is 1. The molecule has 4 heteroatoms. The zero-order valence-electron chi connectivity index (χ0n) is 9.08. The summed E-state index contributed by atoms with van der Waals surface area (Å²) in [5.74, 6) is 0. The van der Waals surface area contributed by atoms with Gasteiger partial charge in [-0.25, -0.2) is 4.98 Å². The quantitative estimate of drug-likeness (QED) is 0.864. The number of aryl methyl sites for hydroxylation is 2. The summed E-state index contributed by atoms with van der Waals surface area (Å²) in [7, 11) is 0. The predicted molar refractivity (Wildman–Crippen MR) is 65.0 cm³/mol. The molecule has 0 aliphatic heterocycles. The molecule has 0 aliphatic carbocycles. The van der Waals surface area contributed by atoms with E-state index in [1.54, 1.807) is 0 Å². The molecular formula is C11H14BrN3. The minimum Gasteiger partial charge on any atom is -0.323 e. The second-order valence-corrected chi connectivity index (χ2v) is 4.78. The van der Waals surface area contributed by atoms with E-state index in [1.165, 1.54) is 5.56 Å². The first-order valence-electron chi connectivity index (χ1n) is 4.91. The summed E-state index contributed by atoms with van der Waals surface area (Å²) in [4.78, 5) is 4.51. The van der Waals surface area contributed by atoms with Crippen LogP contribution in [0.1, 0.15) is 29.9 Å². The monoisotopic (exact) mass is 267 g/mol. The van der Waals surface area contributed by atoms with E-state index in [0.717, 1.165) is 21.5 Å². The van der Waals surface area contributed by atoms with Crippen molar-refractivity contribution in [3.8, 4) is 0 Å². The van der Waals surface area contributed by atoms with Crippen LogP contribution < -0.4 is 5.73 Å². The average molecular weight is 268 g/mol. The van der Waals surface area contributed by atoms with E-state index in [4.69, 9.17) is 5.73 Å². The SMILES string of the molecule is Cc1cc(Br)c2nc(C)c(C(C)N)n2c1. The molecule has 0 fully saturated rings. The Bertz CT molecular complexity index is 514. The van der Waals surface area contributed by atoms with Crippen LogP contribution in [0.3, 0.4) is 0 Å². The van der Waals surface area contributed by atoms with Crippen molar-refractivity contribution in [1.82, 2.24) is 9.38 Å². The Morgan fingerprint density at radius 2 is 2.13 bits per heavy atom. The van der Waals surface area contributed by atoms with Gasteiger partial charge in [0.25, 0.3) is 0 Å². The fraction of sp³-hybridized carbons (Fsp3) is 0.364. The Labute approximate surface area is 97.4 Å². The van der Waals surface area contributed by atoms with Crippen LogP contribution >= 0.6 is 15.9 Å². The summed E-state index contributed by atoms with van der Waals surface area (Å²) in [6.45, 7) is 6.03. The van der Waals surface area contributed by atoms with Crippen molar-refractivity contribution in [2.24, 2.45) is 5.73 Å². The zero-order chi connectivity index (χ0) is 11.2. The number of pyridine rings is 1. The number of rotatable bonds is 1. The number of halogens is 1. The fourth-order valence-corrected chi connectivity index (χ4v) is 2.55. The molecule has 0 saturated carbocycles. The van der Waals surface area contributed by atoms with Crippen LogP contribution in [0, 0.1) is 13.8 Å². The molecule has 3 nitrogen and oxygen atoms in total. The Balaban J connectivity index is 2.86. The van der Waals surface area contributed by atoms with Crippen molar-refractivity contribution in [3.63, 3.8) is 0 Å². The summed E-state index contributed by atoms with van der Waals surface area (Å²) < 4.78 is 3.08. The minimum atomic E-state index is -0.00583. The summed E-state index contributed by atoms with van der Waals surface area (Å²) in [6, 6.07) is 2.06. The van der Waals surface area contributed by atoms with Crippen molar-refractivity contribution in [2.75, 3.05) is 0 Å². The maximum Gasteiger partial charge on any atom is 0.151 e. The molecule has 0 radical (unpaired) electrons. The Kier molecular flexibility index (Phi) is 2.56. The van der Waals surface area contributed by atoms with Crippen LogP contribution in [0.25, 0.3) is 5.65 Å². The smallest absolute Gasteiger partial charge is 0.151 e. The third-order valence-electron chi connectivity index (χ3n) is 2.46. The highest BCUT2D eigenvalue weighted by molar-refractivity contribution is 9.10. The van der Waals surface area contributed by atoms with E-state index in [9.17, 15) is 0 Å². The zero-order valence-corrected chi connectivity index (χ0v) is 10.7. The highest BCUT2D eigenvalue weighted by atomic mass is 79.9. The first-order chi connectivity index (χ1) is 7.00. The van der Waals surface area contributed by atoms with E-state index < -0.39 is 0 Å². The van der Waals surface area contributed by atoms with E-state index in [2.05, 4.69) is 44.5 Å². The van der Waals surface area contributed by atoms with Crippen molar-refractivity contribution in [1.29, 1.82) is 0 Å². The van der Waals surface area contributed by atoms with Gasteiger partial charge >= 0.3 is 0 Å².